The molecule has 9 nitrogen and oxygen atoms in total. The first kappa shape index (κ1) is 27.8. The lowest BCUT2D eigenvalue weighted by atomic mass is 10.0. The Morgan fingerprint density at radius 1 is 1.03 bits per heavy atom. The van der Waals surface area contributed by atoms with Gasteiger partial charge in [0.25, 0.3) is 0 Å². The molecule has 0 fully saturated rings. The molecule has 0 bridgehead atoms. The van der Waals surface area contributed by atoms with Crippen molar-refractivity contribution in [3.63, 3.8) is 0 Å². The molecule has 0 radical (unpaired) electrons. The quantitative estimate of drug-likeness (QED) is 0.179. The van der Waals surface area contributed by atoms with Crippen LogP contribution in [0.4, 0.5) is 0 Å². The van der Waals surface area contributed by atoms with Crippen molar-refractivity contribution in [2.45, 2.75) is 24.3 Å². The second-order valence-electron chi connectivity index (χ2n) is 8.60. The molecule has 4 aromatic rings. The van der Waals surface area contributed by atoms with E-state index in [2.05, 4.69) is 15.2 Å². The largest absolute Gasteiger partial charge is 0.478 e. The molecule has 1 heterocycles. The molecular formula is C28H24ClN3O6S. The van der Waals surface area contributed by atoms with Crippen molar-refractivity contribution in [3.8, 4) is 11.3 Å². The molecule has 1 aromatic heterocycles. The minimum Gasteiger partial charge on any atom is -0.478 e. The second-order valence-corrected chi connectivity index (χ2v) is 10.7. The number of benzene rings is 3. The Labute approximate surface area is 230 Å². The number of furan rings is 1. The van der Waals surface area contributed by atoms with Crippen molar-refractivity contribution in [2.24, 2.45) is 5.10 Å². The maximum atomic E-state index is 13.0. The molecule has 39 heavy (non-hydrogen) atoms. The van der Waals surface area contributed by atoms with Gasteiger partial charge in [-0.25, -0.2) is 23.4 Å². The number of nitrogens with zero attached hydrogens (tertiary/aromatic N) is 1. The Hall–Kier alpha value is -4.25. The molecule has 200 valence electrons. The number of amides is 1. The summed E-state index contributed by atoms with van der Waals surface area (Å²) in [5.74, 6) is -0.902. The number of hydrazone groups is 1. The summed E-state index contributed by atoms with van der Waals surface area (Å²) in [4.78, 5) is 23.9. The number of aromatic carboxylic acids is 1. The van der Waals surface area contributed by atoms with E-state index >= 15 is 0 Å². The van der Waals surface area contributed by atoms with E-state index in [-0.39, 0.29) is 21.9 Å². The van der Waals surface area contributed by atoms with Crippen LogP contribution < -0.4 is 10.1 Å². The summed E-state index contributed by atoms with van der Waals surface area (Å²) in [6, 6.07) is 22.1. The normalized spacial score (nSPS) is 12.4. The summed E-state index contributed by atoms with van der Waals surface area (Å²) in [7, 11) is -3.89. The molecule has 0 aliphatic rings. The highest BCUT2D eigenvalue weighted by Crippen LogP contribution is 2.27. The van der Waals surface area contributed by atoms with Crippen LogP contribution in [-0.4, -0.2) is 31.6 Å². The lowest BCUT2D eigenvalue weighted by molar-refractivity contribution is -0.121. The van der Waals surface area contributed by atoms with Gasteiger partial charge < -0.3 is 9.52 Å². The van der Waals surface area contributed by atoms with Gasteiger partial charge in [0, 0.05) is 12.0 Å². The summed E-state index contributed by atoms with van der Waals surface area (Å²) in [6.07, 6.45) is 1.09. The van der Waals surface area contributed by atoms with Gasteiger partial charge in [-0.2, -0.15) is 5.10 Å². The number of carbonyl (C=O) groups excluding carboxylic acids is 1. The van der Waals surface area contributed by atoms with Gasteiger partial charge in [-0.15, -0.1) is 0 Å². The molecule has 0 spiro atoms. The van der Waals surface area contributed by atoms with Crippen molar-refractivity contribution < 1.29 is 27.5 Å². The highest BCUT2D eigenvalue weighted by atomic mass is 35.5. The van der Waals surface area contributed by atoms with Crippen molar-refractivity contribution in [1.82, 2.24) is 10.1 Å². The summed E-state index contributed by atoms with van der Waals surface area (Å²) >= 11 is 6.03. The summed E-state index contributed by atoms with van der Waals surface area (Å²) in [5, 5.41) is 13.1. The van der Waals surface area contributed by atoms with Gasteiger partial charge in [-0.1, -0.05) is 65.7 Å². The van der Waals surface area contributed by atoms with E-state index in [4.69, 9.17) is 21.1 Å². The number of nitrogens with one attached hydrogen (secondary N) is 2. The van der Waals surface area contributed by atoms with Crippen LogP contribution in [0.15, 0.2) is 99.3 Å². The molecule has 1 amide bonds. The van der Waals surface area contributed by atoms with Crippen LogP contribution in [0.5, 0.6) is 0 Å². The Bertz CT molecular complexity index is 1620. The topological polar surface area (TPSA) is 138 Å². The molecule has 0 aliphatic heterocycles. The van der Waals surface area contributed by atoms with Gasteiger partial charge in [0.2, 0.25) is 15.9 Å². The Kier molecular flexibility index (Phi) is 8.60. The third-order valence-corrected chi connectivity index (χ3v) is 7.51. The second kappa shape index (κ2) is 12.1. The highest BCUT2D eigenvalue weighted by molar-refractivity contribution is 7.89. The zero-order valence-corrected chi connectivity index (χ0v) is 22.2. The van der Waals surface area contributed by atoms with Crippen molar-refractivity contribution in [1.29, 1.82) is 0 Å². The van der Waals surface area contributed by atoms with Crippen LogP contribution in [0.2, 0.25) is 5.02 Å². The SMILES string of the molecule is Cc1ccc(S(=O)(=O)N[C@@H](CC(=O)N/N=C\c2ccc(-c3ccc(C(=O)O)c(Cl)c3)o2)c2ccccc2)cc1. The molecule has 11 heteroatoms. The van der Waals surface area contributed by atoms with Gasteiger partial charge in [0.05, 0.1) is 27.7 Å². The molecule has 0 aliphatic carbocycles. The van der Waals surface area contributed by atoms with Gasteiger partial charge in [-0.05, 0) is 48.9 Å². The zero-order chi connectivity index (χ0) is 28.0. The Morgan fingerprint density at radius 3 is 2.41 bits per heavy atom. The summed E-state index contributed by atoms with van der Waals surface area (Å²) in [6.45, 7) is 1.86. The maximum absolute atomic E-state index is 13.0. The average Bonchev–Trinajstić information content (AvgIpc) is 3.37. The van der Waals surface area contributed by atoms with Crippen LogP contribution in [0, 0.1) is 6.92 Å². The van der Waals surface area contributed by atoms with Crippen LogP contribution in [-0.2, 0) is 14.8 Å². The standard InChI is InChI=1S/C28H24ClN3O6S/c1-18-7-11-22(12-8-18)39(36,37)32-25(19-5-3-2-4-6-19)16-27(33)31-30-17-21-10-14-26(38-21)20-9-13-23(28(34)35)24(29)15-20/h2-15,17,25,32H,16H2,1H3,(H,31,33)(H,34,35)/b30-17-/t25-/m0/s1. The summed E-state index contributed by atoms with van der Waals surface area (Å²) < 4.78 is 34.3. The van der Waals surface area contributed by atoms with Gasteiger partial charge in [-0.3, -0.25) is 4.79 Å². The highest BCUT2D eigenvalue weighted by Gasteiger charge is 2.23. The zero-order valence-electron chi connectivity index (χ0n) is 20.7. The van der Waals surface area contributed by atoms with Crippen LogP contribution in [0.3, 0.4) is 0 Å². The third-order valence-electron chi connectivity index (χ3n) is 5.71. The fraction of sp³-hybridized carbons (Fsp3) is 0.107. The molecule has 0 saturated carbocycles. The first-order valence-electron chi connectivity index (χ1n) is 11.7. The molecule has 1 atom stereocenters. The van der Waals surface area contributed by atoms with Gasteiger partial charge in [0.1, 0.15) is 11.5 Å². The summed E-state index contributed by atoms with van der Waals surface area (Å²) in [5.41, 5.74) is 4.49. The minimum atomic E-state index is -3.89. The third kappa shape index (κ3) is 7.20. The molecule has 0 unspecified atom stereocenters. The van der Waals surface area contributed by atoms with Crippen molar-refractivity contribution in [3.05, 3.63) is 112 Å². The van der Waals surface area contributed by atoms with Crippen LogP contribution in [0.25, 0.3) is 11.3 Å². The number of hydrogen-bond acceptors (Lipinski definition) is 6. The van der Waals surface area contributed by atoms with E-state index < -0.39 is 27.9 Å². The fourth-order valence-corrected chi connectivity index (χ4v) is 5.19. The Morgan fingerprint density at radius 2 is 1.74 bits per heavy atom. The molecular weight excluding hydrogens is 542 g/mol. The fourth-order valence-electron chi connectivity index (χ4n) is 3.70. The van der Waals surface area contributed by atoms with Crippen molar-refractivity contribution in [2.75, 3.05) is 0 Å². The molecule has 0 saturated heterocycles. The predicted molar refractivity (Wildman–Crippen MR) is 147 cm³/mol. The smallest absolute Gasteiger partial charge is 0.337 e. The number of halogens is 1. The van der Waals surface area contributed by atoms with E-state index in [0.29, 0.717) is 22.6 Å². The molecule has 4 rings (SSSR count). The van der Waals surface area contributed by atoms with Gasteiger partial charge in [0.15, 0.2) is 0 Å². The Balaban J connectivity index is 1.43. The number of carboxylic acid groups (broad SMARTS) is 1. The predicted octanol–water partition coefficient (Wildman–Crippen LogP) is 5.17. The number of sulfonamides is 1. The van der Waals surface area contributed by atoms with Crippen LogP contribution >= 0.6 is 11.6 Å². The lowest BCUT2D eigenvalue weighted by Gasteiger charge is -2.18. The van der Waals surface area contributed by atoms with E-state index in [1.165, 1.54) is 30.5 Å². The average molecular weight is 566 g/mol. The maximum Gasteiger partial charge on any atom is 0.337 e. The first-order valence-corrected chi connectivity index (χ1v) is 13.6. The van der Waals surface area contributed by atoms with E-state index in [9.17, 15) is 18.0 Å². The number of aryl methyl sites for hydroxylation is 1. The number of carbonyl (C=O) groups is 2. The monoisotopic (exact) mass is 565 g/mol. The number of hydrogen-bond donors (Lipinski definition) is 3. The number of carboxylic acids is 1. The lowest BCUT2D eigenvalue weighted by Crippen LogP contribution is -2.32. The minimum absolute atomic E-state index is 0.0218. The molecule has 3 aromatic carbocycles. The van der Waals surface area contributed by atoms with Gasteiger partial charge >= 0.3 is 5.97 Å². The van der Waals surface area contributed by atoms with Crippen LogP contribution in [0.1, 0.15) is 39.7 Å². The number of rotatable bonds is 10. The van der Waals surface area contributed by atoms with E-state index in [1.54, 1.807) is 60.7 Å². The molecule has 3 N–H and O–H groups in total. The first-order chi connectivity index (χ1) is 18.6. The van der Waals surface area contributed by atoms with E-state index in [1.807, 2.05) is 6.92 Å². The van der Waals surface area contributed by atoms with E-state index in [0.717, 1.165) is 5.56 Å². The van der Waals surface area contributed by atoms with Crippen molar-refractivity contribution >= 4 is 39.7 Å².